The van der Waals surface area contributed by atoms with Crippen LogP contribution >= 0.6 is 0 Å². The Morgan fingerprint density at radius 1 is 1.10 bits per heavy atom. The van der Waals surface area contributed by atoms with Gasteiger partial charge in [-0.15, -0.1) is 0 Å². The molecule has 29 heavy (non-hydrogen) atoms. The Balaban J connectivity index is 2.06. The fourth-order valence-corrected chi connectivity index (χ4v) is 3.13. The molecule has 0 amide bonds. The van der Waals surface area contributed by atoms with Crippen LogP contribution in [0.3, 0.4) is 0 Å². The number of carbonyl (C=O) groups is 1. The van der Waals surface area contributed by atoms with Crippen LogP contribution in [0, 0.1) is 0 Å². The van der Waals surface area contributed by atoms with E-state index in [9.17, 15) is 18.0 Å². The molecule has 1 heterocycles. The number of halogens is 3. The minimum Gasteiger partial charge on any atom is -0.494 e. The summed E-state index contributed by atoms with van der Waals surface area (Å²) in [5.41, 5.74) is 1.45. The van der Waals surface area contributed by atoms with Crippen molar-refractivity contribution in [2.75, 3.05) is 13.2 Å². The molecule has 0 saturated heterocycles. The van der Waals surface area contributed by atoms with Gasteiger partial charge in [0.2, 0.25) is 6.10 Å². The Morgan fingerprint density at radius 3 is 2.45 bits per heavy atom. The SMILES string of the molecule is CCOC(=O)C1=Cc2cc(OCC)c(Cc3ccccc3)cc2OC1C(F)(F)F. The minimum absolute atomic E-state index is 0.0339. The Labute approximate surface area is 166 Å². The summed E-state index contributed by atoms with van der Waals surface area (Å²) in [5, 5.41) is 0. The van der Waals surface area contributed by atoms with Crippen molar-refractivity contribution in [2.45, 2.75) is 32.5 Å². The molecule has 1 aliphatic heterocycles. The molecule has 7 heteroatoms. The van der Waals surface area contributed by atoms with Gasteiger partial charge in [0.1, 0.15) is 11.5 Å². The molecule has 0 bridgehead atoms. The van der Waals surface area contributed by atoms with Gasteiger partial charge >= 0.3 is 12.1 Å². The first-order valence-electron chi connectivity index (χ1n) is 9.29. The van der Waals surface area contributed by atoms with Crippen molar-refractivity contribution in [1.82, 2.24) is 0 Å². The Bertz CT molecular complexity index is 904. The van der Waals surface area contributed by atoms with Gasteiger partial charge in [-0.3, -0.25) is 0 Å². The predicted molar refractivity (Wildman–Crippen MR) is 102 cm³/mol. The summed E-state index contributed by atoms with van der Waals surface area (Å²) in [6, 6.07) is 12.7. The maximum Gasteiger partial charge on any atom is 0.430 e. The second-order valence-corrected chi connectivity index (χ2v) is 6.45. The van der Waals surface area contributed by atoms with Crippen LogP contribution in [0.4, 0.5) is 13.2 Å². The van der Waals surface area contributed by atoms with Crippen molar-refractivity contribution in [3.63, 3.8) is 0 Å². The average molecular weight is 406 g/mol. The molecule has 0 radical (unpaired) electrons. The molecule has 3 rings (SSSR count). The van der Waals surface area contributed by atoms with Gasteiger partial charge in [-0.1, -0.05) is 30.3 Å². The highest BCUT2D eigenvalue weighted by molar-refractivity contribution is 5.96. The molecule has 2 aromatic rings. The van der Waals surface area contributed by atoms with Crippen molar-refractivity contribution in [2.24, 2.45) is 0 Å². The molecule has 1 atom stereocenters. The number of ether oxygens (including phenoxy) is 3. The number of carbonyl (C=O) groups excluding carboxylic acids is 1. The summed E-state index contributed by atoms with van der Waals surface area (Å²) in [6.07, 6.45) is -5.49. The molecule has 154 valence electrons. The van der Waals surface area contributed by atoms with Crippen LogP contribution in [0.25, 0.3) is 6.08 Å². The number of fused-ring (bicyclic) bond motifs is 1. The summed E-state index contributed by atoms with van der Waals surface area (Å²) < 4.78 is 56.3. The van der Waals surface area contributed by atoms with Crippen LogP contribution in [0.2, 0.25) is 0 Å². The van der Waals surface area contributed by atoms with Crippen molar-refractivity contribution in [1.29, 1.82) is 0 Å². The Hall–Kier alpha value is -2.96. The fourth-order valence-electron chi connectivity index (χ4n) is 3.13. The predicted octanol–water partition coefficient (Wildman–Crippen LogP) is 4.95. The Kier molecular flexibility index (Phi) is 6.15. The molecule has 0 fully saturated rings. The number of benzene rings is 2. The third-order valence-electron chi connectivity index (χ3n) is 4.38. The lowest BCUT2D eigenvalue weighted by atomic mass is 9.97. The zero-order chi connectivity index (χ0) is 21.0. The second-order valence-electron chi connectivity index (χ2n) is 6.45. The van der Waals surface area contributed by atoms with Gasteiger partial charge in [-0.05, 0) is 37.6 Å². The van der Waals surface area contributed by atoms with Gasteiger partial charge in [0.25, 0.3) is 0 Å². The molecule has 1 unspecified atom stereocenters. The van der Waals surface area contributed by atoms with E-state index in [1.807, 2.05) is 37.3 Å². The summed E-state index contributed by atoms with van der Waals surface area (Å²) in [5.74, 6) is -0.467. The molecule has 0 aromatic heterocycles. The van der Waals surface area contributed by atoms with E-state index in [1.54, 1.807) is 12.1 Å². The van der Waals surface area contributed by atoms with E-state index in [-0.39, 0.29) is 12.4 Å². The topological polar surface area (TPSA) is 44.8 Å². The fraction of sp³-hybridized carbons (Fsp3) is 0.318. The van der Waals surface area contributed by atoms with Crippen molar-refractivity contribution in [3.05, 3.63) is 64.7 Å². The quantitative estimate of drug-likeness (QED) is 0.637. The molecule has 0 N–H and O–H groups in total. The first-order chi connectivity index (χ1) is 13.8. The number of alkyl halides is 3. The summed E-state index contributed by atoms with van der Waals surface area (Å²) in [4.78, 5) is 12.1. The van der Waals surface area contributed by atoms with Gasteiger partial charge in [0.05, 0.1) is 18.8 Å². The van der Waals surface area contributed by atoms with Crippen LogP contribution < -0.4 is 9.47 Å². The van der Waals surface area contributed by atoms with E-state index in [4.69, 9.17) is 14.2 Å². The molecular formula is C22H21F3O4. The van der Waals surface area contributed by atoms with Crippen LogP contribution in [0.5, 0.6) is 11.5 Å². The van der Waals surface area contributed by atoms with Gasteiger partial charge in [0.15, 0.2) is 0 Å². The first kappa shape index (κ1) is 20.8. The lowest BCUT2D eigenvalue weighted by Crippen LogP contribution is -2.40. The number of rotatable bonds is 6. The minimum atomic E-state index is -4.76. The molecule has 0 saturated carbocycles. The average Bonchev–Trinajstić information content (AvgIpc) is 2.68. The van der Waals surface area contributed by atoms with Crippen LogP contribution in [-0.4, -0.2) is 31.5 Å². The highest BCUT2D eigenvalue weighted by atomic mass is 19.4. The standard InChI is InChI=1S/C22H21F3O4/c1-3-27-18-12-16-11-17(21(26)28-4-2)20(22(23,24)25)29-19(16)13-15(18)10-14-8-6-5-7-9-14/h5-9,11-13,20H,3-4,10H2,1-2H3. The van der Waals surface area contributed by atoms with E-state index in [0.29, 0.717) is 29.9 Å². The molecule has 2 aromatic carbocycles. The maximum atomic E-state index is 13.5. The largest absolute Gasteiger partial charge is 0.494 e. The number of hydrogen-bond donors (Lipinski definition) is 0. The van der Waals surface area contributed by atoms with E-state index in [0.717, 1.165) is 5.56 Å². The summed E-state index contributed by atoms with van der Waals surface area (Å²) in [7, 11) is 0. The molecule has 1 aliphatic rings. The first-order valence-corrected chi connectivity index (χ1v) is 9.29. The van der Waals surface area contributed by atoms with E-state index in [1.165, 1.54) is 13.0 Å². The van der Waals surface area contributed by atoms with E-state index < -0.39 is 23.8 Å². The maximum absolute atomic E-state index is 13.5. The highest BCUT2D eigenvalue weighted by Crippen LogP contribution is 2.40. The zero-order valence-electron chi connectivity index (χ0n) is 16.1. The van der Waals surface area contributed by atoms with Gasteiger partial charge in [-0.25, -0.2) is 4.79 Å². The third-order valence-corrected chi connectivity index (χ3v) is 4.38. The molecule has 0 spiro atoms. The molecular weight excluding hydrogens is 385 g/mol. The summed E-state index contributed by atoms with van der Waals surface area (Å²) in [6.45, 7) is 3.71. The van der Waals surface area contributed by atoms with Crippen molar-refractivity contribution < 1.29 is 32.2 Å². The smallest absolute Gasteiger partial charge is 0.430 e. The zero-order valence-corrected chi connectivity index (χ0v) is 16.1. The Morgan fingerprint density at radius 2 is 1.83 bits per heavy atom. The van der Waals surface area contributed by atoms with Crippen LogP contribution in [0.1, 0.15) is 30.5 Å². The van der Waals surface area contributed by atoms with Crippen molar-refractivity contribution >= 4 is 12.0 Å². The summed E-state index contributed by atoms with van der Waals surface area (Å²) >= 11 is 0. The lowest BCUT2D eigenvalue weighted by Gasteiger charge is -2.28. The normalized spacial score (nSPS) is 15.8. The van der Waals surface area contributed by atoms with E-state index >= 15 is 0 Å². The molecule has 4 nitrogen and oxygen atoms in total. The monoisotopic (exact) mass is 406 g/mol. The molecule has 0 aliphatic carbocycles. The number of hydrogen-bond acceptors (Lipinski definition) is 4. The van der Waals surface area contributed by atoms with Crippen LogP contribution in [0.15, 0.2) is 48.0 Å². The van der Waals surface area contributed by atoms with Crippen molar-refractivity contribution in [3.8, 4) is 11.5 Å². The lowest BCUT2D eigenvalue weighted by molar-refractivity contribution is -0.187. The van der Waals surface area contributed by atoms with Gasteiger partial charge in [-0.2, -0.15) is 13.2 Å². The van der Waals surface area contributed by atoms with Gasteiger partial charge < -0.3 is 14.2 Å². The second kappa shape index (κ2) is 8.59. The highest BCUT2D eigenvalue weighted by Gasteiger charge is 2.49. The van der Waals surface area contributed by atoms with Crippen LogP contribution in [-0.2, 0) is 16.0 Å². The number of esters is 1. The third kappa shape index (κ3) is 4.72. The van der Waals surface area contributed by atoms with Gasteiger partial charge in [0, 0.05) is 17.5 Å². The van der Waals surface area contributed by atoms with E-state index in [2.05, 4.69) is 0 Å².